The summed E-state index contributed by atoms with van der Waals surface area (Å²) in [6, 6.07) is 4.18. The fourth-order valence-corrected chi connectivity index (χ4v) is 2.06. The molecule has 0 aliphatic carbocycles. The normalized spacial score (nSPS) is 12.8. The van der Waals surface area contributed by atoms with E-state index in [0.717, 1.165) is 29.6 Å². The molecule has 0 amide bonds. The molecule has 0 aliphatic rings. The number of halogens is 2. The van der Waals surface area contributed by atoms with Gasteiger partial charge in [0.2, 0.25) is 0 Å². The monoisotopic (exact) mass is 231 g/mol. The van der Waals surface area contributed by atoms with Crippen molar-refractivity contribution in [1.29, 1.82) is 0 Å². The van der Waals surface area contributed by atoms with E-state index in [2.05, 4.69) is 0 Å². The van der Waals surface area contributed by atoms with Gasteiger partial charge >= 0.3 is 0 Å². The second-order valence-corrected chi connectivity index (χ2v) is 4.71. The highest BCUT2D eigenvalue weighted by Crippen LogP contribution is 2.21. The maximum atomic E-state index is 12.8. The molecule has 1 nitrogen and oxygen atoms in total. The van der Waals surface area contributed by atoms with Gasteiger partial charge in [0.25, 0.3) is 0 Å². The van der Waals surface area contributed by atoms with Crippen molar-refractivity contribution in [3.05, 3.63) is 29.8 Å². The van der Waals surface area contributed by atoms with Gasteiger partial charge < -0.3 is 5.73 Å². The third-order valence-corrected chi connectivity index (χ3v) is 3.04. The van der Waals surface area contributed by atoms with E-state index >= 15 is 0 Å². The highest BCUT2D eigenvalue weighted by molar-refractivity contribution is 7.99. The number of rotatable bonds is 5. The lowest BCUT2D eigenvalue weighted by atomic mass is 10.2. The molecule has 1 aromatic carbocycles. The molecule has 0 aliphatic heterocycles. The average molecular weight is 231 g/mol. The Balaban J connectivity index is 2.35. The van der Waals surface area contributed by atoms with Gasteiger partial charge in [-0.25, -0.2) is 8.78 Å². The van der Waals surface area contributed by atoms with Crippen LogP contribution in [0.4, 0.5) is 8.78 Å². The van der Waals surface area contributed by atoms with Gasteiger partial charge in [0.1, 0.15) is 0 Å². The number of benzene rings is 1. The van der Waals surface area contributed by atoms with Crippen LogP contribution in [0.5, 0.6) is 0 Å². The zero-order valence-electron chi connectivity index (χ0n) is 8.67. The molecule has 0 saturated carbocycles. The van der Waals surface area contributed by atoms with Gasteiger partial charge in [-0.15, -0.1) is 11.8 Å². The van der Waals surface area contributed by atoms with Gasteiger partial charge in [0.05, 0.1) is 0 Å². The van der Waals surface area contributed by atoms with Crippen LogP contribution < -0.4 is 5.73 Å². The van der Waals surface area contributed by atoms with E-state index in [4.69, 9.17) is 5.73 Å². The molecule has 0 saturated heterocycles. The molecular weight excluding hydrogens is 216 g/mol. The molecule has 0 spiro atoms. The summed E-state index contributed by atoms with van der Waals surface area (Å²) in [5, 5.41) is 0. The van der Waals surface area contributed by atoms with Crippen molar-refractivity contribution < 1.29 is 8.78 Å². The summed E-state index contributed by atoms with van der Waals surface area (Å²) in [6.45, 7) is 1.96. The Kier molecular flexibility index (Phi) is 5.05. The van der Waals surface area contributed by atoms with Crippen LogP contribution in [0.25, 0.3) is 0 Å². The summed E-state index contributed by atoms with van der Waals surface area (Å²) in [7, 11) is 0. The molecule has 0 aromatic heterocycles. The van der Waals surface area contributed by atoms with Crippen LogP contribution in [0.2, 0.25) is 0 Å². The molecule has 1 unspecified atom stereocenters. The van der Waals surface area contributed by atoms with Crippen LogP contribution >= 0.6 is 11.8 Å². The maximum Gasteiger partial charge on any atom is 0.159 e. The van der Waals surface area contributed by atoms with Gasteiger partial charge in [0.15, 0.2) is 11.6 Å². The Hall–Kier alpha value is -0.610. The van der Waals surface area contributed by atoms with Gasteiger partial charge in [-0.1, -0.05) is 0 Å². The summed E-state index contributed by atoms with van der Waals surface area (Å²) in [5.74, 6) is -0.700. The van der Waals surface area contributed by atoms with Gasteiger partial charge in [-0.05, 0) is 43.7 Å². The minimum Gasteiger partial charge on any atom is -0.328 e. The quantitative estimate of drug-likeness (QED) is 0.622. The second kappa shape index (κ2) is 6.08. The zero-order valence-corrected chi connectivity index (χ0v) is 9.49. The van der Waals surface area contributed by atoms with E-state index < -0.39 is 11.6 Å². The van der Waals surface area contributed by atoms with Crippen molar-refractivity contribution in [2.75, 3.05) is 5.75 Å². The van der Waals surface area contributed by atoms with Crippen LogP contribution in [-0.2, 0) is 0 Å². The molecule has 0 radical (unpaired) electrons. The molecule has 84 valence electrons. The molecule has 4 heteroatoms. The van der Waals surface area contributed by atoms with E-state index in [-0.39, 0.29) is 6.04 Å². The first-order valence-electron chi connectivity index (χ1n) is 4.93. The Bertz CT molecular complexity index is 315. The molecular formula is C11H15F2NS. The summed E-state index contributed by atoms with van der Waals surface area (Å²) in [5.41, 5.74) is 5.60. The summed E-state index contributed by atoms with van der Waals surface area (Å²) >= 11 is 1.52. The SMILES string of the molecule is CC(N)CCCSc1ccc(F)c(F)c1. The van der Waals surface area contributed by atoms with Crippen molar-refractivity contribution in [2.45, 2.75) is 30.7 Å². The van der Waals surface area contributed by atoms with E-state index in [9.17, 15) is 8.78 Å². The third-order valence-electron chi connectivity index (χ3n) is 1.96. The van der Waals surface area contributed by atoms with Gasteiger partial charge in [0, 0.05) is 10.9 Å². The van der Waals surface area contributed by atoms with E-state index in [1.54, 1.807) is 6.07 Å². The largest absolute Gasteiger partial charge is 0.328 e. The maximum absolute atomic E-state index is 12.8. The minimum atomic E-state index is -0.796. The van der Waals surface area contributed by atoms with E-state index in [0.29, 0.717) is 0 Å². The molecule has 2 N–H and O–H groups in total. The molecule has 1 aromatic rings. The Labute approximate surface area is 93.1 Å². The average Bonchev–Trinajstić information content (AvgIpc) is 2.18. The van der Waals surface area contributed by atoms with Crippen molar-refractivity contribution in [2.24, 2.45) is 5.73 Å². The first-order chi connectivity index (χ1) is 7.09. The van der Waals surface area contributed by atoms with Crippen LogP contribution in [0.3, 0.4) is 0 Å². The van der Waals surface area contributed by atoms with Gasteiger partial charge in [-0.3, -0.25) is 0 Å². The topological polar surface area (TPSA) is 26.0 Å². The second-order valence-electron chi connectivity index (χ2n) is 3.54. The van der Waals surface area contributed by atoms with Crippen molar-refractivity contribution in [3.8, 4) is 0 Å². The first-order valence-corrected chi connectivity index (χ1v) is 5.91. The van der Waals surface area contributed by atoms with Gasteiger partial charge in [-0.2, -0.15) is 0 Å². The lowest BCUT2D eigenvalue weighted by Crippen LogP contribution is -2.14. The standard InChI is InChI=1S/C11H15F2NS/c1-8(14)3-2-6-15-9-4-5-10(12)11(13)7-9/h4-5,7-8H,2-3,6,14H2,1H3. The van der Waals surface area contributed by atoms with Crippen LogP contribution in [0.1, 0.15) is 19.8 Å². The lowest BCUT2D eigenvalue weighted by molar-refractivity contribution is 0.506. The Morgan fingerprint density at radius 2 is 2.07 bits per heavy atom. The smallest absolute Gasteiger partial charge is 0.159 e. The fourth-order valence-electron chi connectivity index (χ4n) is 1.16. The van der Waals surface area contributed by atoms with Crippen LogP contribution in [0.15, 0.2) is 23.1 Å². The number of thioether (sulfide) groups is 1. The number of hydrogen-bond donors (Lipinski definition) is 1. The molecule has 0 heterocycles. The van der Waals surface area contributed by atoms with Crippen LogP contribution in [-0.4, -0.2) is 11.8 Å². The summed E-state index contributed by atoms with van der Waals surface area (Å²) in [6.07, 6.45) is 1.94. The van der Waals surface area contributed by atoms with E-state index in [1.165, 1.54) is 17.8 Å². The van der Waals surface area contributed by atoms with E-state index in [1.807, 2.05) is 6.92 Å². The minimum absolute atomic E-state index is 0.204. The molecule has 15 heavy (non-hydrogen) atoms. The Morgan fingerprint density at radius 3 is 2.67 bits per heavy atom. The molecule has 0 fully saturated rings. The first kappa shape index (κ1) is 12.5. The fraction of sp³-hybridized carbons (Fsp3) is 0.455. The third kappa shape index (κ3) is 4.62. The zero-order chi connectivity index (χ0) is 11.3. The summed E-state index contributed by atoms with van der Waals surface area (Å²) in [4.78, 5) is 0.763. The summed E-state index contributed by atoms with van der Waals surface area (Å²) < 4.78 is 25.4. The number of hydrogen-bond acceptors (Lipinski definition) is 2. The highest BCUT2D eigenvalue weighted by atomic mass is 32.2. The lowest BCUT2D eigenvalue weighted by Gasteiger charge is -2.04. The predicted molar refractivity (Wildman–Crippen MR) is 60.0 cm³/mol. The molecule has 1 rings (SSSR count). The van der Waals surface area contributed by atoms with Crippen LogP contribution in [0, 0.1) is 11.6 Å². The van der Waals surface area contributed by atoms with Crippen molar-refractivity contribution >= 4 is 11.8 Å². The number of nitrogens with two attached hydrogens (primary N) is 1. The van der Waals surface area contributed by atoms with Crippen molar-refractivity contribution in [3.63, 3.8) is 0 Å². The molecule has 0 bridgehead atoms. The van der Waals surface area contributed by atoms with Crippen molar-refractivity contribution in [1.82, 2.24) is 0 Å². The predicted octanol–water partition coefficient (Wildman–Crippen LogP) is 3.18. The Morgan fingerprint density at radius 1 is 1.33 bits per heavy atom. The highest BCUT2D eigenvalue weighted by Gasteiger charge is 2.02. The molecule has 1 atom stereocenters.